The van der Waals surface area contributed by atoms with E-state index in [9.17, 15) is 9.18 Å². The van der Waals surface area contributed by atoms with Gasteiger partial charge < -0.3 is 14.6 Å². The number of likely N-dealkylation sites (N-methyl/N-ethyl adjacent to an activating group) is 1. The zero-order valence-electron chi connectivity index (χ0n) is 11.3. The molecule has 2 rings (SSSR count). The lowest BCUT2D eigenvalue weighted by molar-refractivity contribution is -0.133. The number of rotatable bonds is 6. The summed E-state index contributed by atoms with van der Waals surface area (Å²) in [5.41, 5.74) is 1.37. The molecule has 7 heteroatoms. The second kappa shape index (κ2) is 6.23. The Morgan fingerprint density at radius 1 is 1.50 bits per heavy atom. The maximum absolute atomic E-state index is 13.4. The first-order chi connectivity index (χ1) is 9.47. The number of halogens is 1. The fraction of sp³-hybridized carbons (Fsp3) is 0.385. The van der Waals surface area contributed by atoms with Gasteiger partial charge in [0.05, 0.1) is 16.8 Å². The first kappa shape index (κ1) is 14.8. The van der Waals surface area contributed by atoms with Crippen molar-refractivity contribution in [1.29, 1.82) is 0 Å². The van der Waals surface area contributed by atoms with Crippen molar-refractivity contribution in [2.45, 2.75) is 11.7 Å². The second-order valence-electron chi connectivity index (χ2n) is 4.66. The molecule has 0 amide bonds. The van der Waals surface area contributed by atoms with Gasteiger partial charge >= 0.3 is 5.97 Å². The number of carbonyl (C=O) groups is 1. The summed E-state index contributed by atoms with van der Waals surface area (Å²) >= 11 is 1.15. The van der Waals surface area contributed by atoms with Crippen LogP contribution in [-0.4, -0.2) is 51.9 Å². The molecule has 0 atom stereocenters. The van der Waals surface area contributed by atoms with Crippen LogP contribution in [0.3, 0.4) is 0 Å². The highest BCUT2D eigenvalue weighted by Crippen LogP contribution is 2.24. The fourth-order valence-corrected chi connectivity index (χ4v) is 2.59. The van der Waals surface area contributed by atoms with E-state index in [4.69, 9.17) is 5.11 Å². The van der Waals surface area contributed by atoms with Crippen LogP contribution in [0.2, 0.25) is 0 Å². The fourth-order valence-electron chi connectivity index (χ4n) is 1.83. The van der Waals surface area contributed by atoms with Crippen molar-refractivity contribution < 1.29 is 14.3 Å². The Balaban J connectivity index is 2.37. The van der Waals surface area contributed by atoms with E-state index in [-0.39, 0.29) is 11.6 Å². The maximum Gasteiger partial charge on any atom is 0.313 e. The van der Waals surface area contributed by atoms with E-state index in [1.54, 1.807) is 6.07 Å². The third-order valence-corrected chi connectivity index (χ3v) is 3.73. The van der Waals surface area contributed by atoms with Crippen molar-refractivity contribution >= 4 is 28.8 Å². The van der Waals surface area contributed by atoms with Gasteiger partial charge in [0.1, 0.15) is 5.82 Å². The minimum absolute atomic E-state index is 0.0617. The van der Waals surface area contributed by atoms with Crippen molar-refractivity contribution in [2.24, 2.45) is 0 Å². The van der Waals surface area contributed by atoms with Crippen molar-refractivity contribution in [3.8, 4) is 0 Å². The largest absolute Gasteiger partial charge is 0.481 e. The summed E-state index contributed by atoms with van der Waals surface area (Å²) in [4.78, 5) is 17.1. The Labute approximate surface area is 120 Å². The first-order valence-electron chi connectivity index (χ1n) is 6.12. The Hall–Kier alpha value is -1.60. The van der Waals surface area contributed by atoms with Crippen molar-refractivity contribution in [3.63, 3.8) is 0 Å². The van der Waals surface area contributed by atoms with Crippen LogP contribution in [-0.2, 0) is 11.3 Å². The Kier molecular flexibility index (Phi) is 4.61. The smallest absolute Gasteiger partial charge is 0.313 e. The van der Waals surface area contributed by atoms with E-state index in [0.717, 1.165) is 18.3 Å². The SMILES string of the molecule is CN(C)CCn1c(SCC(=O)O)nc2ccc(F)cc21. The number of fused-ring (bicyclic) bond motifs is 1. The number of benzene rings is 1. The van der Waals surface area contributed by atoms with Crippen LogP contribution < -0.4 is 0 Å². The Morgan fingerprint density at radius 3 is 2.90 bits per heavy atom. The second-order valence-corrected chi connectivity index (χ2v) is 5.61. The highest BCUT2D eigenvalue weighted by Gasteiger charge is 2.13. The van der Waals surface area contributed by atoms with E-state index < -0.39 is 5.97 Å². The number of imidazole rings is 1. The van der Waals surface area contributed by atoms with Gasteiger partial charge in [-0.15, -0.1) is 0 Å². The van der Waals surface area contributed by atoms with E-state index in [1.165, 1.54) is 12.1 Å². The summed E-state index contributed by atoms with van der Waals surface area (Å²) in [6.07, 6.45) is 0. The number of aromatic nitrogens is 2. The quantitative estimate of drug-likeness (QED) is 0.825. The average molecular weight is 297 g/mol. The van der Waals surface area contributed by atoms with Crippen LogP contribution in [0.4, 0.5) is 4.39 Å². The van der Waals surface area contributed by atoms with Crippen LogP contribution in [0.25, 0.3) is 11.0 Å². The normalized spacial score (nSPS) is 11.4. The predicted molar refractivity (Wildman–Crippen MR) is 76.6 cm³/mol. The lowest BCUT2D eigenvalue weighted by Crippen LogP contribution is -2.19. The number of thioether (sulfide) groups is 1. The summed E-state index contributed by atoms with van der Waals surface area (Å²) in [6.45, 7) is 1.40. The number of hydrogen-bond donors (Lipinski definition) is 1. The molecule has 0 aliphatic heterocycles. The van der Waals surface area contributed by atoms with Crippen LogP contribution in [0.1, 0.15) is 0 Å². The molecular weight excluding hydrogens is 281 g/mol. The highest BCUT2D eigenvalue weighted by atomic mass is 32.2. The summed E-state index contributed by atoms with van der Waals surface area (Å²) < 4.78 is 15.3. The molecule has 0 saturated carbocycles. The van der Waals surface area contributed by atoms with E-state index in [0.29, 0.717) is 22.7 Å². The molecule has 1 heterocycles. The third kappa shape index (κ3) is 3.49. The van der Waals surface area contributed by atoms with Crippen LogP contribution in [0, 0.1) is 5.82 Å². The molecule has 0 saturated heterocycles. The van der Waals surface area contributed by atoms with Crippen LogP contribution >= 0.6 is 11.8 Å². The topological polar surface area (TPSA) is 58.4 Å². The van der Waals surface area contributed by atoms with E-state index in [1.807, 2.05) is 23.6 Å². The number of aliphatic carboxylic acids is 1. The first-order valence-corrected chi connectivity index (χ1v) is 7.11. The standard InChI is InChI=1S/C13H16FN3O2S/c1-16(2)5-6-17-11-7-9(14)3-4-10(11)15-13(17)20-8-12(18)19/h3-4,7H,5-6,8H2,1-2H3,(H,18,19). The molecule has 1 aromatic carbocycles. The zero-order valence-corrected chi connectivity index (χ0v) is 12.2. The van der Waals surface area contributed by atoms with Gasteiger partial charge in [-0.3, -0.25) is 4.79 Å². The summed E-state index contributed by atoms with van der Waals surface area (Å²) in [5, 5.41) is 9.38. The van der Waals surface area contributed by atoms with Gasteiger partial charge in [0.2, 0.25) is 0 Å². The number of carboxylic acid groups (broad SMARTS) is 1. The molecular formula is C13H16FN3O2S. The molecule has 0 unspecified atom stereocenters. The van der Waals surface area contributed by atoms with Gasteiger partial charge in [-0.25, -0.2) is 9.37 Å². The molecule has 1 N–H and O–H groups in total. The molecule has 108 valence electrons. The summed E-state index contributed by atoms with van der Waals surface area (Å²) in [5.74, 6) is -1.28. The van der Waals surface area contributed by atoms with E-state index in [2.05, 4.69) is 4.98 Å². The Bertz CT molecular complexity index is 627. The van der Waals surface area contributed by atoms with Crippen molar-refractivity contribution in [3.05, 3.63) is 24.0 Å². The van der Waals surface area contributed by atoms with Gasteiger partial charge in [-0.05, 0) is 32.3 Å². The molecule has 2 aromatic rings. The minimum Gasteiger partial charge on any atom is -0.481 e. The molecule has 1 aromatic heterocycles. The van der Waals surface area contributed by atoms with Crippen molar-refractivity contribution in [2.75, 3.05) is 26.4 Å². The number of carboxylic acids is 1. The maximum atomic E-state index is 13.4. The molecule has 0 aliphatic carbocycles. The molecule has 5 nitrogen and oxygen atoms in total. The molecule has 0 bridgehead atoms. The van der Waals surface area contributed by atoms with Gasteiger partial charge in [0.25, 0.3) is 0 Å². The number of hydrogen-bond acceptors (Lipinski definition) is 4. The van der Waals surface area contributed by atoms with Gasteiger partial charge in [-0.2, -0.15) is 0 Å². The third-order valence-electron chi connectivity index (χ3n) is 2.77. The molecule has 0 spiro atoms. The minimum atomic E-state index is -0.896. The van der Waals surface area contributed by atoms with E-state index >= 15 is 0 Å². The lowest BCUT2D eigenvalue weighted by atomic mass is 10.3. The van der Waals surface area contributed by atoms with Gasteiger partial charge in [-0.1, -0.05) is 11.8 Å². The molecule has 0 radical (unpaired) electrons. The summed E-state index contributed by atoms with van der Waals surface area (Å²) in [6, 6.07) is 4.40. The van der Waals surface area contributed by atoms with Crippen LogP contribution in [0.15, 0.2) is 23.4 Å². The summed E-state index contributed by atoms with van der Waals surface area (Å²) in [7, 11) is 3.90. The molecule has 0 fully saturated rings. The number of nitrogens with zero attached hydrogens (tertiary/aromatic N) is 3. The predicted octanol–water partition coefficient (Wildman–Crippen LogP) is 1.91. The molecule has 0 aliphatic rings. The Morgan fingerprint density at radius 2 is 2.25 bits per heavy atom. The van der Waals surface area contributed by atoms with Crippen molar-refractivity contribution in [1.82, 2.24) is 14.5 Å². The monoisotopic (exact) mass is 297 g/mol. The van der Waals surface area contributed by atoms with Crippen LogP contribution in [0.5, 0.6) is 0 Å². The average Bonchev–Trinajstić information content (AvgIpc) is 2.71. The molecule has 20 heavy (non-hydrogen) atoms. The van der Waals surface area contributed by atoms with Gasteiger partial charge in [0, 0.05) is 13.1 Å². The highest BCUT2D eigenvalue weighted by molar-refractivity contribution is 7.99. The lowest BCUT2D eigenvalue weighted by Gasteiger charge is -2.12. The zero-order chi connectivity index (χ0) is 14.7. The van der Waals surface area contributed by atoms with Gasteiger partial charge in [0.15, 0.2) is 5.16 Å².